The minimum absolute atomic E-state index is 0.0929. The van der Waals surface area contributed by atoms with Crippen molar-refractivity contribution < 1.29 is 18.3 Å². The van der Waals surface area contributed by atoms with Crippen molar-refractivity contribution in [2.45, 2.75) is 4.21 Å². The van der Waals surface area contributed by atoms with Crippen molar-refractivity contribution >= 4 is 62.0 Å². The standard InChI is InChI=1S/C11H9Cl2N3O4S2/c12-5-2-1-3-6(8(5)13)15-11(18)16-7-4-21-10(9(7)17)22(14,19)20/h1-4,17H,(H2,14,19,20)(H2,15,16,18). The Bertz CT molecular complexity index is 836. The summed E-state index contributed by atoms with van der Waals surface area (Å²) < 4.78 is 21.9. The highest BCUT2D eigenvalue weighted by Gasteiger charge is 2.21. The smallest absolute Gasteiger partial charge is 0.323 e. The Hall–Kier alpha value is -1.52. The van der Waals surface area contributed by atoms with E-state index in [2.05, 4.69) is 10.6 Å². The SMILES string of the molecule is NS(=O)(=O)c1scc(NC(=O)Nc2cccc(Cl)c2Cl)c1O. The number of benzene rings is 1. The lowest BCUT2D eigenvalue weighted by Gasteiger charge is -2.09. The van der Waals surface area contributed by atoms with Crippen LogP contribution in [-0.2, 0) is 10.0 Å². The van der Waals surface area contributed by atoms with Gasteiger partial charge >= 0.3 is 6.03 Å². The van der Waals surface area contributed by atoms with Crippen LogP contribution in [0.15, 0.2) is 27.8 Å². The summed E-state index contributed by atoms with van der Waals surface area (Å²) in [6.45, 7) is 0. The van der Waals surface area contributed by atoms with E-state index in [4.69, 9.17) is 28.3 Å². The lowest BCUT2D eigenvalue weighted by molar-refractivity contribution is 0.262. The zero-order chi connectivity index (χ0) is 16.5. The van der Waals surface area contributed by atoms with E-state index in [-0.39, 0.29) is 21.4 Å². The highest BCUT2D eigenvalue weighted by molar-refractivity contribution is 7.91. The van der Waals surface area contributed by atoms with E-state index < -0.39 is 26.0 Å². The van der Waals surface area contributed by atoms with Crippen LogP contribution in [0.1, 0.15) is 0 Å². The number of rotatable bonds is 3. The Kier molecular flexibility index (Phi) is 4.83. The molecule has 5 N–H and O–H groups in total. The molecule has 0 aliphatic heterocycles. The molecule has 0 aliphatic rings. The van der Waals surface area contributed by atoms with Crippen molar-refractivity contribution in [3.63, 3.8) is 0 Å². The highest BCUT2D eigenvalue weighted by Crippen LogP contribution is 2.37. The Balaban J connectivity index is 2.17. The number of anilines is 2. The van der Waals surface area contributed by atoms with E-state index in [1.54, 1.807) is 12.1 Å². The lowest BCUT2D eigenvalue weighted by atomic mass is 10.3. The number of hydrogen-bond acceptors (Lipinski definition) is 5. The molecule has 0 bridgehead atoms. The molecule has 0 unspecified atom stereocenters. The maximum Gasteiger partial charge on any atom is 0.323 e. The Morgan fingerprint density at radius 1 is 1.23 bits per heavy atom. The average molecular weight is 382 g/mol. The first-order valence-corrected chi connectivity index (χ1v) is 8.73. The summed E-state index contributed by atoms with van der Waals surface area (Å²) in [7, 11) is -4.06. The van der Waals surface area contributed by atoms with Crippen LogP contribution in [-0.4, -0.2) is 19.6 Å². The Morgan fingerprint density at radius 3 is 2.45 bits per heavy atom. The third-order valence-electron chi connectivity index (χ3n) is 2.44. The van der Waals surface area contributed by atoms with E-state index >= 15 is 0 Å². The summed E-state index contributed by atoms with van der Waals surface area (Å²) in [6, 6.07) is 3.93. The highest BCUT2D eigenvalue weighted by atomic mass is 35.5. The largest absolute Gasteiger partial charge is 0.504 e. The van der Waals surface area contributed by atoms with E-state index in [0.717, 1.165) is 0 Å². The predicted octanol–water partition coefficient (Wildman–Crippen LogP) is 3.05. The van der Waals surface area contributed by atoms with Gasteiger partial charge in [0.1, 0.15) is 0 Å². The number of thiophene rings is 1. The molecular formula is C11H9Cl2N3O4S2. The third-order valence-corrected chi connectivity index (χ3v) is 5.71. The topological polar surface area (TPSA) is 122 Å². The molecule has 1 aromatic heterocycles. The first-order chi connectivity index (χ1) is 10.2. The number of carbonyl (C=O) groups is 1. The molecule has 1 heterocycles. The fourth-order valence-electron chi connectivity index (χ4n) is 1.50. The van der Waals surface area contributed by atoms with Gasteiger partial charge in [-0.3, -0.25) is 0 Å². The van der Waals surface area contributed by atoms with E-state index in [9.17, 15) is 18.3 Å². The lowest BCUT2D eigenvalue weighted by Crippen LogP contribution is -2.19. The summed E-state index contributed by atoms with van der Waals surface area (Å²) in [5.74, 6) is -0.625. The molecule has 22 heavy (non-hydrogen) atoms. The second-order valence-corrected chi connectivity index (χ2v) is 7.43. The molecule has 0 saturated heterocycles. The minimum atomic E-state index is -4.06. The normalized spacial score (nSPS) is 11.2. The molecule has 0 fully saturated rings. The fourth-order valence-corrected chi connectivity index (χ4v) is 3.53. The average Bonchev–Trinajstić information content (AvgIpc) is 2.76. The number of halogens is 2. The van der Waals surface area contributed by atoms with E-state index in [0.29, 0.717) is 11.3 Å². The van der Waals surface area contributed by atoms with Gasteiger partial charge in [-0.25, -0.2) is 18.4 Å². The zero-order valence-electron chi connectivity index (χ0n) is 10.6. The number of urea groups is 1. The summed E-state index contributed by atoms with van der Waals surface area (Å²) in [6.07, 6.45) is 0. The molecule has 0 radical (unpaired) electrons. The van der Waals surface area contributed by atoms with Gasteiger partial charge in [0.05, 0.1) is 21.4 Å². The second-order valence-electron chi connectivity index (χ2n) is 4.01. The first-order valence-electron chi connectivity index (χ1n) is 5.55. The molecule has 0 atom stereocenters. The molecule has 0 spiro atoms. The van der Waals surface area contributed by atoms with Crippen LogP contribution in [0, 0.1) is 0 Å². The maximum atomic E-state index is 11.8. The van der Waals surface area contributed by atoms with Crippen molar-refractivity contribution in [2.75, 3.05) is 10.6 Å². The summed E-state index contributed by atoms with van der Waals surface area (Å²) in [5, 5.41) is 21.0. The van der Waals surface area contributed by atoms with E-state index in [1.807, 2.05) is 0 Å². The number of sulfonamides is 1. The molecule has 0 aliphatic carbocycles. The number of primary sulfonamides is 1. The number of amides is 2. The third kappa shape index (κ3) is 3.62. The van der Waals surface area contributed by atoms with Crippen LogP contribution in [0.25, 0.3) is 0 Å². The molecule has 2 amide bonds. The maximum absolute atomic E-state index is 11.8. The van der Waals surface area contributed by atoms with Crippen LogP contribution in [0.2, 0.25) is 10.0 Å². The van der Waals surface area contributed by atoms with Crippen molar-refractivity contribution in [3.05, 3.63) is 33.6 Å². The number of aromatic hydroxyl groups is 1. The van der Waals surface area contributed by atoms with Crippen molar-refractivity contribution in [3.8, 4) is 5.75 Å². The predicted molar refractivity (Wildman–Crippen MR) is 86.5 cm³/mol. The van der Waals surface area contributed by atoms with Gasteiger partial charge < -0.3 is 15.7 Å². The van der Waals surface area contributed by atoms with Crippen molar-refractivity contribution in [1.82, 2.24) is 0 Å². The number of carbonyl (C=O) groups excluding carboxylic acids is 1. The minimum Gasteiger partial charge on any atom is -0.504 e. The van der Waals surface area contributed by atoms with Crippen LogP contribution >= 0.6 is 34.5 Å². The van der Waals surface area contributed by atoms with Gasteiger partial charge in [-0.1, -0.05) is 29.3 Å². The second kappa shape index (κ2) is 6.31. The molecule has 7 nitrogen and oxygen atoms in total. The Morgan fingerprint density at radius 2 is 1.86 bits per heavy atom. The van der Waals surface area contributed by atoms with Gasteiger partial charge in [-0.05, 0) is 12.1 Å². The van der Waals surface area contributed by atoms with E-state index in [1.165, 1.54) is 11.4 Å². The summed E-state index contributed by atoms with van der Waals surface area (Å²) >= 11 is 12.4. The van der Waals surface area contributed by atoms with Gasteiger partial charge in [-0.15, -0.1) is 11.3 Å². The van der Waals surface area contributed by atoms with Gasteiger partial charge in [0.25, 0.3) is 10.0 Å². The Labute approximate surface area is 139 Å². The van der Waals surface area contributed by atoms with Gasteiger partial charge in [0, 0.05) is 5.38 Å². The number of hydrogen-bond donors (Lipinski definition) is 4. The molecule has 2 rings (SSSR count). The van der Waals surface area contributed by atoms with Gasteiger partial charge in [0.2, 0.25) is 0 Å². The fraction of sp³-hybridized carbons (Fsp3) is 0. The monoisotopic (exact) mass is 381 g/mol. The van der Waals surface area contributed by atoms with Gasteiger partial charge in [0.15, 0.2) is 9.96 Å². The molecule has 1 aromatic carbocycles. The van der Waals surface area contributed by atoms with Gasteiger partial charge in [-0.2, -0.15) is 0 Å². The first kappa shape index (κ1) is 16.8. The molecule has 2 aromatic rings. The summed E-state index contributed by atoms with van der Waals surface area (Å²) in [5.41, 5.74) is 0.165. The number of nitrogens with one attached hydrogen (secondary N) is 2. The van der Waals surface area contributed by atoms with Crippen molar-refractivity contribution in [1.29, 1.82) is 0 Å². The zero-order valence-corrected chi connectivity index (χ0v) is 13.8. The van der Waals surface area contributed by atoms with Crippen LogP contribution < -0.4 is 15.8 Å². The number of nitrogens with two attached hydrogens (primary N) is 1. The molecular weight excluding hydrogens is 373 g/mol. The van der Waals surface area contributed by atoms with Crippen LogP contribution in [0.4, 0.5) is 16.2 Å². The molecule has 118 valence electrons. The van der Waals surface area contributed by atoms with Crippen LogP contribution in [0.5, 0.6) is 5.75 Å². The molecule has 11 heteroatoms. The van der Waals surface area contributed by atoms with Crippen LogP contribution in [0.3, 0.4) is 0 Å². The quantitative estimate of drug-likeness (QED) is 0.652. The molecule has 0 saturated carbocycles. The summed E-state index contributed by atoms with van der Waals surface area (Å²) in [4.78, 5) is 11.8. The van der Waals surface area contributed by atoms with Crippen molar-refractivity contribution in [2.24, 2.45) is 5.14 Å².